The Morgan fingerprint density at radius 1 is 0.759 bits per heavy atom. The first kappa shape index (κ1) is 20.4. The lowest BCUT2D eigenvalue weighted by Gasteiger charge is -2.42. The molecule has 2 aromatic rings. The van der Waals surface area contributed by atoms with Gasteiger partial charge in [-0.15, -0.1) is 0 Å². The molecule has 0 spiro atoms. The molecular formula is C25H28F4. The summed E-state index contributed by atoms with van der Waals surface area (Å²) < 4.78 is 56.6. The molecule has 2 fully saturated rings. The predicted octanol–water partition coefficient (Wildman–Crippen LogP) is 8.01. The quantitative estimate of drug-likeness (QED) is 0.453. The molecule has 2 aromatic carbocycles. The number of hydrogen-bond donors (Lipinski definition) is 0. The molecule has 156 valence electrons. The summed E-state index contributed by atoms with van der Waals surface area (Å²) in [6.07, 6.45) is 9.40. The molecule has 29 heavy (non-hydrogen) atoms. The van der Waals surface area contributed by atoms with E-state index in [1.54, 1.807) is 0 Å². The lowest BCUT2D eigenvalue weighted by atomic mass is 9.63. The highest BCUT2D eigenvalue weighted by Crippen LogP contribution is 2.48. The number of fused-ring (bicyclic) bond motifs is 1. The van der Waals surface area contributed by atoms with Crippen LogP contribution < -0.4 is 0 Å². The van der Waals surface area contributed by atoms with Crippen molar-refractivity contribution in [2.45, 2.75) is 64.2 Å². The first-order valence-corrected chi connectivity index (χ1v) is 10.9. The van der Waals surface area contributed by atoms with Crippen molar-refractivity contribution in [2.75, 3.05) is 0 Å². The van der Waals surface area contributed by atoms with Crippen molar-refractivity contribution in [1.29, 1.82) is 0 Å². The zero-order chi connectivity index (χ0) is 20.5. The van der Waals surface area contributed by atoms with Gasteiger partial charge >= 0.3 is 0 Å². The largest absolute Gasteiger partial charge is 0.207 e. The molecule has 4 atom stereocenters. The molecule has 0 amide bonds. The zero-order valence-electron chi connectivity index (χ0n) is 16.9. The molecule has 4 unspecified atom stereocenters. The average Bonchev–Trinajstić information content (AvgIpc) is 2.66. The van der Waals surface area contributed by atoms with Gasteiger partial charge in [0.05, 0.1) is 5.56 Å². The van der Waals surface area contributed by atoms with Gasteiger partial charge in [-0.2, -0.15) is 0 Å². The van der Waals surface area contributed by atoms with E-state index in [2.05, 4.69) is 6.92 Å². The third-order valence-corrected chi connectivity index (χ3v) is 7.11. The minimum atomic E-state index is -0.847. The van der Waals surface area contributed by atoms with Gasteiger partial charge in [-0.25, -0.2) is 17.6 Å². The third kappa shape index (κ3) is 4.36. The molecule has 2 aliphatic carbocycles. The van der Waals surface area contributed by atoms with E-state index >= 15 is 0 Å². The minimum absolute atomic E-state index is 0.109. The normalized spacial score (nSPS) is 26.9. The molecule has 0 nitrogen and oxygen atoms in total. The average molecular weight is 404 g/mol. The van der Waals surface area contributed by atoms with Crippen LogP contribution in [0, 0.1) is 41.0 Å². The summed E-state index contributed by atoms with van der Waals surface area (Å²) in [4.78, 5) is 0. The summed E-state index contributed by atoms with van der Waals surface area (Å²) in [7, 11) is 0. The van der Waals surface area contributed by atoms with Gasteiger partial charge < -0.3 is 0 Å². The number of benzene rings is 2. The maximum absolute atomic E-state index is 14.8. The van der Waals surface area contributed by atoms with Gasteiger partial charge in [0.25, 0.3) is 0 Å². The van der Waals surface area contributed by atoms with Gasteiger partial charge in [0, 0.05) is 6.07 Å². The molecule has 2 aliphatic rings. The lowest BCUT2D eigenvalue weighted by molar-refractivity contribution is 0.114. The SMILES string of the molecule is CCCC1CCC2CC(c3cc(F)c(-c4cc(F)cc(F)c4)c(F)c3)CCC2C1. The smallest absolute Gasteiger partial charge is 0.134 e. The Labute approximate surface area is 170 Å². The highest BCUT2D eigenvalue weighted by Gasteiger charge is 2.36. The van der Waals surface area contributed by atoms with E-state index in [1.165, 1.54) is 44.2 Å². The zero-order valence-corrected chi connectivity index (χ0v) is 16.9. The summed E-state index contributed by atoms with van der Waals surface area (Å²) in [6.45, 7) is 2.24. The fourth-order valence-electron chi connectivity index (χ4n) is 5.76. The molecular weight excluding hydrogens is 376 g/mol. The monoisotopic (exact) mass is 404 g/mol. The van der Waals surface area contributed by atoms with Crippen LogP contribution in [0.5, 0.6) is 0 Å². The van der Waals surface area contributed by atoms with E-state index in [0.717, 1.165) is 43.2 Å². The van der Waals surface area contributed by atoms with E-state index in [4.69, 9.17) is 0 Å². The summed E-state index contributed by atoms with van der Waals surface area (Å²) in [5.74, 6) is -0.803. The third-order valence-electron chi connectivity index (χ3n) is 7.11. The minimum Gasteiger partial charge on any atom is -0.207 e. The van der Waals surface area contributed by atoms with E-state index < -0.39 is 23.3 Å². The number of hydrogen-bond acceptors (Lipinski definition) is 0. The van der Waals surface area contributed by atoms with Crippen molar-refractivity contribution in [3.05, 3.63) is 59.2 Å². The Kier molecular flexibility index (Phi) is 5.98. The van der Waals surface area contributed by atoms with Crippen LogP contribution in [0.2, 0.25) is 0 Å². The number of rotatable bonds is 4. The van der Waals surface area contributed by atoms with Crippen LogP contribution in [-0.4, -0.2) is 0 Å². The fraction of sp³-hybridized carbons (Fsp3) is 0.520. The standard InChI is InChI=1S/C25H28F4/c1-2-3-15-4-5-17-9-18(7-6-16(17)8-15)19-12-23(28)25(24(29)13-19)20-10-21(26)14-22(27)11-20/h10-18H,2-9H2,1H3. The van der Waals surface area contributed by atoms with Crippen LogP contribution in [0.3, 0.4) is 0 Å². The van der Waals surface area contributed by atoms with Crippen LogP contribution in [0.15, 0.2) is 30.3 Å². The van der Waals surface area contributed by atoms with Gasteiger partial charge in [-0.1, -0.05) is 26.2 Å². The van der Waals surface area contributed by atoms with Crippen molar-refractivity contribution in [1.82, 2.24) is 0 Å². The second-order valence-corrected chi connectivity index (χ2v) is 9.02. The van der Waals surface area contributed by atoms with Crippen molar-refractivity contribution >= 4 is 0 Å². The maximum atomic E-state index is 14.8. The Bertz CT molecular complexity index is 832. The van der Waals surface area contributed by atoms with Crippen LogP contribution in [0.4, 0.5) is 17.6 Å². The summed E-state index contributed by atoms with van der Waals surface area (Å²) >= 11 is 0. The van der Waals surface area contributed by atoms with Crippen LogP contribution >= 0.6 is 0 Å². The summed E-state index contributed by atoms with van der Waals surface area (Å²) in [6, 6.07) is 5.36. The van der Waals surface area contributed by atoms with Crippen LogP contribution in [0.1, 0.15) is 69.8 Å². The van der Waals surface area contributed by atoms with Crippen molar-refractivity contribution in [3.8, 4) is 11.1 Å². The van der Waals surface area contributed by atoms with E-state index in [1.807, 2.05) is 0 Å². The first-order valence-electron chi connectivity index (χ1n) is 10.9. The fourth-order valence-corrected chi connectivity index (χ4v) is 5.76. The second kappa shape index (κ2) is 8.49. The Morgan fingerprint density at radius 3 is 2.03 bits per heavy atom. The van der Waals surface area contributed by atoms with Crippen molar-refractivity contribution in [3.63, 3.8) is 0 Å². The second-order valence-electron chi connectivity index (χ2n) is 9.02. The van der Waals surface area contributed by atoms with E-state index in [-0.39, 0.29) is 17.0 Å². The molecule has 2 saturated carbocycles. The molecule has 0 heterocycles. The highest BCUT2D eigenvalue weighted by molar-refractivity contribution is 5.65. The Hall–Kier alpha value is -1.84. The first-order chi connectivity index (χ1) is 13.9. The molecule has 0 saturated heterocycles. The summed E-state index contributed by atoms with van der Waals surface area (Å²) in [5, 5.41) is 0. The Morgan fingerprint density at radius 2 is 1.38 bits per heavy atom. The molecule has 4 heteroatoms. The van der Waals surface area contributed by atoms with Gasteiger partial charge in [-0.3, -0.25) is 0 Å². The Balaban J connectivity index is 1.53. The topological polar surface area (TPSA) is 0 Å². The van der Waals surface area contributed by atoms with E-state index in [0.29, 0.717) is 17.5 Å². The molecule has 0 radical (unpaired) electrons. The van der Waals surface area contributed by atoms with Crippen LogP contribution in [-0.2, 0) is 0 Å². The molecule has 4 rings (SSSR count). The van der Waals surface area contributed by atoms with Gasteiger partial charge in [0.1, 0.15) is 23.3 Å². The molecule has 0 bridgehead atoms. The molecule has 0 aliphatic heterocycles. The predicted molar refractivity (Wildman–Crippen MR) is 108 cm³/mol. The van der Waals surface area contributed by atoms with Gasteiger partial charge in [0.15, 0.2) is 0 Å². The van der Waals surface area contributed by atoms with Crippen LogP contribution in [0.25, 0.3) is 11.1 Å². The van der Waals surface area contributed by atoms with Gasteiger partial charge in [-0.05, 0) is 91.2 Å². The number of halogens is 4. The molecule has 0 aromatic heterocycles. The van der Waals surface area contributed by atoms with Crippen molar-refractivity contribution in [2.24, 2.45) is 17.8 Å². The van der Waals surface area contributed by atoms with Gasteiger partial charge in [0.2, 0.25) is 0 Å². The lowest BCUT2D eigenvalue weighted by Crippen LogP contribution is -2.30. The summed E-state index contributed by atoms with van der Waals surface area (Å²) in [5.41, 5.74) is 0.206. The maximum Gasteiger partial charge on any atom is 0.134 e. The molecule has 0 N–H and O–H groups in total. The van der Waals surface area contributed by atoms with Crippen molar-refractivity contribution < 1.29 is 17.6 Å². The van der Waals surface area contributed by atoms with E-state index in [9.17, 15) is 17.6 Å². The highest BCUT2D eigenvalue weighted by atomic mass is 19.1.